The van der Waals surface area contributed by atoms with Gasteiger partial charge in [-0.05, 0) is 31.2 Å². The molecule has 2 rings (SSSR count). The average molecular weight is 192 g/mol. The van der Waals surface area contributed by atoms with Gasteiger partial charge in [0.1, 0.15) is 5.82 Å². The van der Waals surface area contributed by atoms with Crippen LogP contribution in [0, 0.1) is 6.92 Å². The third kappa shape index (κ3) is 2.18. The summed E-state index contributed by atoms with van der Waals surface area (Å²) in [6, 6.07) is 4.27. The van der Waals surface area contributed by atoms with Gasteiger partial charge >= 0.3 is 0 Å². The van der Waals surface area contributed by atoms with Crippen LogP contribution in [0.3, 0.4) is 0 Å². The second-order valence-corrected chi connectivity index (χ2v) is 4.11. The molecule has 2 aromatic heterocycles. The second-order valence-electron chi connectivity index (χ2n) is 3.07. The number of hydrogen-bond donors (Lipinski definition) is 1. The number of aromatic amines is 1. The highest BCUT2D eigenvalue weighted by atomic mass is 32.1. The van der Waals surface area contributed by atoms with Crippen LogP contribution in [0.15, 0.2) is 23.7 Å². The molecule has 1 N–H and O–H groups in total. The molecule has 0 aliphatic rings. The zero-order chi connectivity index (χ0) is 9.10. The van der Waals surface area contributed by atoms with Gasteiger partial charge in [-0.25, -0.2) is 4.98 Å². The Labute approximate surface area is 81.7 Å². The normalized spacial score (nSPS) is 10.5. The highest BCUT2D eigenvalue weighted by Crippen LogP contribution is 2.11. The molecular formula is C10H12N2S. The lowest BCUT2D eigenvalue weighted by Crippen LogP contribution is -1.88. The molecule has 0 aromatic carbocycles. The molecule has 68 valence electrons. The predicted octanol–water partition coefficient (Wildman–Crippen LogP) is 2.56. The van der Waals surface area contributed by atoms with Crippen LogP contribution in [-0.4, -0.2) is 9.97 Å². The molecule has 0 spiro atoms. The van der Waals surface area contributed by atoms with Crippen molar-refractivity contribution < 1.29 is 0 Å². The van der Waals surface area contributed by atoms with Gasteiger partial charge in [-0.15, -0.1) is 11.3 Å². The Balaban J connectivity index is 1.93. The van der Waals surface area contributed by atoms with Gasteiger partial charge in [-0.3, -0.25) is 0 Å². The molecule has 0 aliphatic heterocycles. The highest BCUT2D eigenvalue weighted by molar-refractivity contribution is 7.09. The lowest BCUT2D eigenvalue weighted by Gasteiger charge is -1.94. The summed E-state index contributed by atoms with van der Waals surface area (Å²) in [6.45, 7) is 1.98. The van der Waals surface area contributed by atoms with Gasteiger partial charge in [0, 0.05) is 16.8 Å². The lowest BCUT2D eigenvalue weighted by molar-refractivity contribution is 0.935. The van der Waals surface area contributed by atoms with Crippen LogP contribution < -0.4 is 0 Å². The molecule has 2 heterocycles. The van der Waals surface area contributed by atoms with E-state index in [2.05, 4.69) is 27.5 Å². The maximum atomic E-state index is 4.16. The van der Waals surface area contributed by atoms with Crippen molar-refractivity contribution in [1.82, 2.24) is 9.97 Å². The molecule has 0 atom stereocenters. The molecule has 3 heteroatoms. The summed E-state index contributed by atoms with van der Waals surface area (Å²) in [5.74, 6) is 1.00. The zero-order valence-electron chi connectivity index (χ0n) is 7.58. The average Bonchev–Trinajstić information content (AvgIpc) is 2.71. The van der Waals surface area contributed by atoms with E-state index in [9.17, 15) is 0 Å². The van der Waals surface area contributed by atoms with E-state index in [1.54, 1.807) is 0 Å². The van der Waals surface area contributed by atoms with Crippen molar-refractivity contribution in [3.63, 3.8) is 0 Å². The monoisotopic (exact) mass is 192 g/mol. The highest BCUT2D eigenvalue weighted by Gasteiger charge is 1.98. The summed E-state index contributed by atoms with van der Waals surface area (Å²) in [5, 5.41) is 2.12. The summed E-state index contributed by atoms with van der Waals surface area (Å²) in [4.78, 5) is 8.83. The Hall–Kier alpha value is -1.09. The van der Waals surface area contributed by atoms with Crippen molar-refractivity contribution in [1.29, 1.82) is 0 Å². The molecule has 0 saturated carbocycles. The summed E-state index contributed by atoms with van der Waals surface area (Å²) < 4.78 is 0. The third-order valence-corrected chi connectivity index (χ3v) is 2.91. The van der Waals surface area contributed by atoms with Gasteiger partial charge in [0.25, 0.3) is 0 Å². The summed E-state index contributed by atoms with van der Waals surface area (Å²) in [5.41, 5.74) is 1.23. The summed E-state index contributed by atoms with van der Waals surface area (Å²) >= 11 is 1.81. The number of imidazole rings is 1. The van der Waals surface area contributed by atoms with Crippen molar-refractivity contribution in [3.8, 4) is 0 Å². The van der Waals surface area contributed by atoms with E-state index < -0.39 is 0 Å². The molecule has 0 fully saturated rings. The van der Waals surface area contributed by atoms with E-state index in [0.717, 1.165) is 18.7 Å². The minimum atomic E-state index is 1.00. The number of rotatable bonds is 3. The first-order valence-corrected chi connectivity index (χ1v) is 5.25. The van der Waals surface area contributed by atoms with Gasteiger partial charge in [0.15, 0.2) is 0 Å². The van der Waals surface area contributed by atoms with Gasteiger partial charge in [0.2, 0.25) is 0 Å². The van der Waals surface area contributed by atoms with E-state index >= 15 is 0 Å². The molecular weight excluding hydrogens is 180 g/mol. The minimum Gasteiger partial charge on any atom is -0.346 e. The fourth-order valence-corrected chi connectivity index (χ4v) is 2.02. The number of nitrogens with one attached hydrogen (secondary N) is 1. The Morgan fingerprint density at radius 3 is 3.00 bits per heavy atom. The van der Waals surface area contributed by atoms with Crippen molar-refractivity contribution in [3.05, 3.63) is 40.1 Å². The van der Waals surface area contributed by atoms with E-state index in [0.29, 0.717) is 0 Å². The van der Waals surface area contributed by atoms with E-state index in [4.69, 9.17) is 0 Å². The van der Waals surface area contributed by atoms with Crippen LogP contribution >= 0.6 is 11.3 Å². The van der Waals surface area contributed by atoms with Crippen molar-refractivity contribution in [2.75, 3.05) is 0 Å². The second kappa shape index (κ2) is 3.75. The standard InChI is InChI=1S/C10H12N2S/c1-8-11-7-9(12-8)4-5-10-3-2-6-13-10/h2-3,6-7H,4-5H2,1H3,(H,11,12). The van der Waals surface area contributed by atoms with Gasteiger partial charge in [-0.1, -0.05) is 6.07 Å². The first-order valence-electron chi connectivity index (χ1n) is 4.37. The quantitative estimate of drug-likeness (QED) is 0.795. The number of H-pyrrole nitrogens is 1. The minimum absolute atomic E-state index is 1.00. The number of aromatic nitrogens is 2. The van der Waals surface area contributed by atoms with Crippen molar-refractivity contribution in [2.24, 2.45) is 0 Å². The van der Waals surface area contributed by atoms with Crippen LogP contribution in [0.2, 0.25) is 0 Å². The molecule has 13 heavy (non-hydrogen) atoms. The molecule has 0 aliphatic carbocycles. The number of nitrogens with zero attached hydrogens (tertiary/aromatic N) is 1. The lowest BCUT2D eigenvalue weighted by atomic mass is 10.2. The Bertz CT molecular complexity index is 362. The van der Waals surface area contributed by atoms with Gasteiger partial charge < -0.3 is 4.98 Å². The Morgan fingerprint density at radius 1 is 1.46 bits per heavy atom. The molecule has 0 unspecified atom stereocenters. The van der Waals surface area contributed by atoms with Crippen LogP contribution in [0.5, 0.6) is 0 Å². The summed E-state index contributed by atoms with van der Waals surface area (Å²) in [7, 11) is 0. The number of hydrogen-bond acceptors (Lipinski definition) is 2. The van der Waals surface area contributed by atoms with E-state index in [-0.39, 0.29) is 0 Å². The maximum Gasteiger partial charge on any atom is 0.103 e. The molecule has 0 saturated heterocycles. The van der Waals surface area contributed by atoms with E-state index in [1.165, 1.54) is 10.6 Å². The largest absolute Gasteiger partial charge is 0.346 e. The molecule has 2 aromatic rings. The maximum absolute atomic E-state index is 4.16. The van der Waals surface area contributed by atoms with Gasteiger partial charge in [-0.2, -0.15) is 0 Å². The number of thiophene rings is 1. The smallest absolute Gasteiger partial charge is 0.103 e. The summed E-state index contributed by atoms with van der Waals surface area (Å²) in [6.07, 6.45) is 4.09. The Kier molecular flexibility index (Phi) is 2.45. The molecule has 0 amide bonds. The third-order valence-electron chi connectivity index (χ3n) is 1.98. The van der Waals surface area contributed by atoms with Crippen molar-refractivity contribution >= 4 is 11.3 Å². The topological polar surface area (TPSA) is 28.7 Å². The fourth-order valence-electron chi connectivity index (χ4n) is 1.31. The number of aryl methyl sites for hydroxylation is 3. The van der Waals surface area contributed by atoms with E-state index in [1.807, 2.05) is 24.5 Å². The van der Waals surface area contributed by atoms with Crippen LogP contribution in [0.4, 0.5) is 0 Å². The van der Waals surface area contributed by atoms with Crippen molar-refractivity contribution in [2.45, 2.75) is 19.8 Å². The van der Waals surface area contributed by atoms with Crippen LogP contribution in [0.1, 0.15) is 16.4 Å². The first kappa shape index (κ1) is 8.51. The molecule has 2 nitrogen and oxygen atoms in total. The fraction of sp³-hybridized carbons (Fsp3) is 0.300. The first-order chi connectivity index (χ1) is 6.34. The van der Waals surface area contributed by atoms with Crippen LogP contribution in [0.25, 0.3) is 0 Å². The van der Waals surface area contributed by atoms with Gasteiger partial charge in [0.05, 0.1) is 0 Å². The molecule has 0 radical (unpaired) electrons. The SMILES string of the molecule is Cc1ncc(CCc2cccs2)[nH]1. The Morgan fingerprint density at radius 2 is 2.38 bits per heavy atom. The predicted molar refractivity (Wildman–Crippen MR) is 55.1 cm³/mol. The zero-order valence-corrected chi connectivity index (χ0v) is 8.40. The molecule has 0 bridgehead atoms. The van der Waals surface area contributed by atoms with Crippen LogP contribution in [-0.2, 0) is 12.8 Å².